The predicted molar refractivity (Wildman–Crippen MR) is 264 cm³/mol. The Bertz CT molecular complexity index is 2560. The number of amides is 3. The molecule has 6 rings (SSSR count). The van der Waals surface area contributed by atoms with Crippen molar-refractivity contribution in [2.45, 2.75) is 123 Å². The first-order chi connectivity index (χ1) is 33.2. The summed E-state index contributed by atoms with van der Waals surface area (Å²) in [5.74, 6) is 0.475. The Morgan fingerprint density at radius 3 is 1.72 bits per heavy atom. The van der Waals surface area contributed by atoms with E-state index in [0.29, 0.717) is 41.3 Å². The van der Waals surface area contributed by atoms with Crippen LogP contribution in [0.5, 0.6) is 0 Å². The molecular formula is C47H60N14O6S2. The van der Waals surface area contributed by atoms with Crippen molar-refractivity contribution in [3.8, 4) is 0 Å². The van der Waals surface area contributed by atoms with Crippen molar-refractivity contribution < 1.29 is 29.0 Å². The number of anilines is 4. The standard InChI is InChI=1S/C47H60N14O6S2/c1-30(62)50-38-21-19-36(54-56-38)15-5-7-17-42-58-60-44(68-42)52-40(64)25-32-11-10-14-35(24-32)28-49-46(65)67-47(3,4)29-66-41(26-33-12-9-13-34(23-33)27-48)53-45-61-59-43(69-45)18-8-6-16-37-20-22-39(57-55-37)51-31(2)63/h9-14,19-24,40-41,64H,5-8,15-18,25-29,48H2,1-4H3,(H,49,65)(H,52,60)(H,53,61)(H,50,56,62)(H,51,57,63). The van der Waals surface area contributed by atoms with Gasteiger partial charge in [-0.05, 0) is 98.9 Å². The molecule has 4 aromatic heterocycles. The van der Waals surface area contributed by atoms with Gasteiger partial charge in [0.25, 0.3) is 0 Å². The highest BCUT2D eigenvalue weighted by Crippen LogP contribution is 2.23. The van der Waals surface area contributed by atoms with Crippen LogP contribution in [-0.4, -0.2) is 88.5 Å². The van der Waals surface area contributed by atoms with Gasteiger partial charge in [-0.1, -0.05) is 71.2 Å². The van der Waals surface area contributed by atoms with E-state index < -0.39 is 24.2 Å². The largest absolute Gasteiger partial charge is 0.441 e. The van der Waals surface area contributed by atoms with Gasteiger partial charge in [-0.15, -0.1) is 30.6 Å². The molecule has 22 heteroatoms. The van der Waals surface area contributed by atoms with Gasteiger partial charge in [0.05, 0.1) is 18.0 Å². The van der Waals surface area contributed by atoms with Crippen LogP contribution in [0.4, 0.5) is 26.7 Å². The molecule has 0 saturated carbocycles. The third-order valence-corrected chi connectivity index (χ3v) is 12.0. The van der Waals surface area contributed by atoms with Gasteiger partial charge in [0, 0.05) is 52.6 Å². The minimum Gasteiger partial charge on any atom is -0.441 e. The number of benzene rings is 2. The zero-order valence-electron chi connectivity index (χ0n) is 39.2. The smallest absolute Gasteiger partial charge is 0.408 e. The van der Waals surface area contributed by atoms with Gasteiger partial charge in [0.15, 0.2) is 11.6 Å². The quantitative estimate of drug-likeness (QED) is 0.0225. The van der Waals surface area contributed by atoms with E-state index >= 15 is 0 Å². The third kappa shape index (κ3) is 18.8. The summed E-state index contributed by atoms with van der Waals surface area (Å²) in [6.45, 7) is 7.13. The molecule has 2 atom stereocenters. The van der Waals surface area contributed by atoms with E-state index in [-0.39, 0.29) is 25.0 Å². The highest BCUT2D eigenvalue weighted by molar-refractivity contribution is 7.15. The zero-order chi connectivity index (χ0) is 49.0. The van der Waals surface area contributed by atoms with Crippen molar-refractivity contribution in [1.29, 1.82) is 0 Å². The summed E-state index contributed by atoms with van der Waals surface area (Å²) in [5.41, 5.74) is 10.4. The van der Waals surface area contributed by atoms with Crippen LogP contribution in [0, 0.1) is 0 Å². The Labute approximate surface area is 409 Å². The van der Waals surface area contributed by atoms with E-state index in [1.54, 1.807) is 26.0 Å². The molecule has 69 heavy (non-hydrogen) atoms. The number of aliphatic hydroxyl groups is 1. The van der Waals surface area contributed by atoms with Gasteiger partial charge in [-0.2, -0.15) is 10.2 Å². The molecule has 0 aliphatic heterocycles. The van der Waals surface area contributed by atoms with E-state index in [4.69, 9.17) is 15.2 Å². The molecule has 0 radical (unpaired) electrons. The Morgan fingerprint density at radius 2 is 1.17 bits per heavy atom. The fourth-order valence-electron chi connectivity index (χ4n) is 6.93. The molecule has 0 aliphatic rings. The fraction of sp³-hybridized carbons (Fsp3) is 0.426. The first kappa shape index (κ1) is 51.8. The number of unbranched alkanes of at least 4 members (excludes halogenated alkanes) is 2. The molecule has 20 nitrogen and oxygen atoms in total. The minimum atomic E-state index is -0.995. The van der Waals surface area contributed by atoms with Gasteiger partial charge in [-0.25, -0.2) is 4.79 Å². The number of aryl methyl sites for hydroxylation is 4. The van der Waals surface area contributed by atoms with Crippen molar-refractivity contribution in [1.82, 2.24) is 46.1 Å². The van der Waals surface area contributed by atoms with Crippen LogP contribution in [0.3, 0.4) is 0 Å². The van der Waals surface area contributed by atoms with Crippen molar-refractivity contribution in [3.63, 3.8) is 0 Å². The van der Waals surface area contributed by atoms with Crippen molar-refractivity contribution in [3.05, 3.63) is 116 Å². The molecule has 4 heterocycles. The zero-order valence-corrected chi connectivity index (χ0v) is 40.9. The number of aliphatic hydroxyl groups excluding tert-OH is 1. The molecule has 0 spiro atoms. The molecule has 0 bridgehead atoms. The molecule has 0 aliphatic carbocycles. The summed E-state index contributed by atoms with van der Waals surface area (Å²) in [5, 5.41) is 61.9. The lowest BCUT2D eigenvalue weighted by Crippen LogP contribution is -2.40. The maximum absolute atomic E-state index is 13.1. The number of ether oxygens (including phenoxy) is 2. The first-order valence-electron chi connectivity index (χ1n) is 22.8. The van der Waals surface area contributed by atoms with Gasteiger partial charge >= 0.3 is 6.09 Å². The molecule has 3 amide bonds. The maximum atomic E-state index is 13.1. The number of nitrogens with zero attached hydrogens (tertiary/aromatic N) is 8. The van der Waals surface area contributed by atoms with E-state index in [0.717, 1.165) is 95.0 Å². The Morgan fingerprint density at radius 1 is 0.652 bits per heavy atom. The summed E-state index contributed by atoms with van der Waals surface area (Å²) < 4.78 is 12.2. The summed E-state index contributed by atoms with van der Waals surface area (Å²) in [6.07, 6.45) is 5.28. The summed E-state index contributed by atoms with van der Waals surface area (Å²) >= 11 is 2.86. The van der Waals surface area contributed by atoms with Crippen LogP contribution < -0.4 is 32.3 Å². The van der Waals surface area contributed by atoms with Crippen LogP contribution >= 0.6 is 22.7 Å². The average molecular weight is 981 g/mol. The van der Waals surface area contributed by atoms with Crippen LogP contribution in [0.15, 0.2) is 72.8 Å². The van der Waals surface area contributed by atoms with Crippen molar-refractivity contribution in [2.24, 2.45) is 5.73 Å². The number of nitrogens with one attached hydrogen (secondary N) is 5. The predicted octanol–water partition coefficient (Wildman–Crippen LogP) is 6.15. The van der Waals surface area contributed by atoms with Crippen molar-refractivity contribution >= 4 is 62.5 Å². The molecule has 0 saturated heterocycles. The number of rotatable bonds is 27. The molecule has 366 valence electrons. The second-order valence-corrected chi connectivity index (χ2v) is 19.1. The van der Waals surface area contributed by atoms with E-state index in [1.165, 1.54) is 36.5 Å². The van der Waals surface area contributed by atoms with Gasteiger partial charge in [0.2, 0.25) is 22.1 Å². The Balaban J connectivity index is 0.919. The number of carbonyl (C=O) groups is 3. The van der Waals surface area contributed by atoms with Gasteiger partial charge < -0.3 is 46.9 Å². The molecule has 2 aromatic carbocycles. The van der Waals surface area contributed by atoms with Crippen LogP contribution in [0.25, 0.3) is 0 Å². The summed E-state index contributed by atoms with van der Waals surface area (Å²) in [4.78, 5) is 35.5. The molecule has 2 unspecified atom stereocenters. The van der Waals surface area contributed by atoms with E-state index in [9.17, 15) is 19.5 Å². The highest BCUT2D eigenvalue weighted by Gasteiger charge is 2.26. The van der Waals surface area contributed by atoms with Crippen LogP contribution in [-0.2, 0) is 70.7 Å². The number of aromatic nitrogens is 8. The molecule has 0 fully saturated rings. The maximum Gasteiger partial charge on any atom is 0.408 e. The summed E-state index contributed by atoms with van der Waals surface area (Å²) in [6, 6.07) is 22.8. The number of alkyl carbamates (subject to hydrolysis) is 1. The third-order valence-electron chi connectivity index (χ3n) is 10.2. The topological polar surface area (TPSA) is 279 Å². The lowest BCUT2D eigenvalue weighted by Gasteiger charge is -2.28. The fourth-order valence-corrected chi connectivity index (χ4v) is 8.58. The normalized spacial score (nSPS) is 12.2. The summed E-state index contributed by atoms with van der Waals surface area (Å²) in [7, 11) is 0. The molecular weight excluding hydrogens is 921 g/mol. The first-order valence-corrected chi connectivity index (χ1v) is 24.4. The minimum absolute atomic E-state index is 0.0824. The number of nitrogens with two attached hydrogens (primary N) is 1. The monoisotopic (exact) mass is 980 g/mol. The molecule has 8 N–H and O–H groups in total. The van der Waals surface area contributed by atoms with Gasteiger partial charge in [0.1, 0.15) is 28.1 Å². The van der Waals surface area contributed by atoms with Gasteiger partial charge in [-0.3, -0.25) is 9.59 Å². The Hall–Kier alpha value is -6.59. The second kappa shape index (κ2) is 26.2. The lowest BCUT2D eigenvalue weighted by atomic mass is 10.1. The lowest BCUT2D eigenvalue weighted by molar-refractivity contribution is -0.115. The van der Waals surface area contributed by atoms with E-state index in [2.05, 4.69) is 67.4 Å². The number of hydrogen-bond donors (Lipinski definition) is 7. The second-order valence-electron chi connectivity index (χ2n) is 17.0. The average Bonchev–Trinajstić information content (AvgIpc) is 3.97. The van der Waals surface area contributed by atoms with Crippen LogP contribution in [0.2, 0.25) is 0 Å². The SMILES string of the molecule is CC(=O)Nc1ccc(CCCCc2nnc(NC(O)Cc3cccc(CNC(=O)OC(C)(C)COC(Cc4cccc(CN)c4)Nc4nnc(CCCCc5ccc(NC(C)=O)nn5)s4)c3)s2)nn1. The Kier molecular flexibility index (Phi) is 19.7. The number of carbonyl (C=O) groups excluding carboxylic acids is 3. The molecule has 6 aromatic rings. The highest BCUT2D eigenvalue weighted by atomic mass is 32.1. The number of hydrogen-bond acceptors (Lipinski definition) is 19. The van der Waals surface area contributed by atoms with Crippen molar-refractivity contribution in [2.75, 3.05) is 27.9 Å². The van der Waals surface area contributed by atoms with Crippen LogP contribution in [0.1, 0.15) is 97.0 Å². The van der Waals surface area contributed by atoms with E-state index in [1.807, 2.05) is 60.7 Å².